The Morgan fingerprint density at radius 2 is 2.05 bits per heavy atom. The molecule has 0 aliphatic carbocycles. The van der Waals surface area contributed by atoms with Crippen LogP contribution >= 0.6 is 0 Å². The number of hydrogen-bond donors (Lipinski definition) is 1. The van der Waals surface area contributed by atoms with Crippen molar-refractivity contribution in [3.63, 3.8) is 0 Å². The number of carbonyl (C=O) groups is 1. The highest BCUT2D eigenvalue weighted by molar-refractivity contribution is 5.98. The Bertz CT molecular complexity index is 598. The zero-order valence-corrected chi connectivity index (χ0v) is 12.2. The summed E-state index contributed by atoms with van der Waals surface area (Å²) in [4.78, 5) is 11.7. The maximum Gasteiger partial charge on any atom is 0.251 e. The lowest BCUT2D eigenvalue weighted by molar-refractivity contribution is 0.0963. The van der Waals surface area contributed by atoms with Crippen molar-refractivity contribution in [2.24, 2.45) is 0 Å². The van der Waals surface area contributed by atoms with Gasteiger partial charge in [0.1, 0.15) is 0 Å². The van der Waals surface area contributed by atoms with Gasteiger partial charge in [0.2, 0.25) is 0 Å². The molecular formula is C16H22N2O. The molecule has 0 saturated heterocycles. The largest absolute Gasteiger partial charge is 0.355 e. The van der Waals surface area contributed by atoms with Crippen molar-refractivity contribution in [1.29, 1.82) is 0 Å². The Kier molecular flexibility index (Phi) is 3.93. The van der Waals surface area contributed by atoms with Gasteiger partial charge in [0.15, 0.2) is 0 Å². The molecule has 1 aromatic carbocycles. The number of rotatable bonds is 4. The number of nitrogens with one attached hydrogen (secondary N) is 1. The van der Waals surface area contributed by atoms with E-state index in [9.17, 15) is 4.79 Å². The van der Waals surface area contributed by atoms with Crippen molar-refractivity contribution in [2.75, 3.05) is 7.05 Å². The molecule has 1 N–H and O–H groups in total. The summed E-state index contributed by atoms with van der Waals surface area (Å²) in [5.41, 5.74) is 3.23. The summed E-state index contributed by atoms with van der Waals surface area (Å²) < 4.78 is 2.32. The third-order valence-electron chi connectivity index (χ3n) is 3.86. The van der Waals surface area contributed by atoms with E-state index in [4.69, 9.17) is 0 Å². The maximum absolute atomic E-state index is 11.7. The molecule has 1 unspecified atom stereocenters. The second kappa shape index (κ2) is 5.47. The van der Waals surface area contributed by atoms with E-state index in [2.05, 4.69) is 36.7 Å². The van der Waals surface area contributed by atoms with Crippen LogP contribution in [0.2, 0.25) is 0 Å². The van der Waals surface area contributed by atoms with Gasteiger partial charge in [-0.1, -0.05) is 19.9 Å². The third kappa shape index (κ3) is 2.37. The predicted octanol–water partition coefficient (Wildman–Crippen LogP) is 3.53. The number of fused-ring (bicyclic) bond motifs is 1. The second-order valence-corrected chi connectivity index (χ2v) is 4.98. The lowest BCUT2D eigenvalue weighted by Gasteiger charge is -2.13. The van der Waals surface area contributed by atoms with Crippen LogP contribution in [-0.2, 0) is 6.54 Å². The van der Waals surface area contributed by atoms with Gasteiger partial charge in [-0.25, -0.2) is 0 Å². The smallest absolute Gasteiger partial charge is 0.251 e. The van der Waals surface area contributed by atoms with E-state index in [0.29, 0.717) is 5.92 Å². The fourth-order valence-corrected chi connectivity index (χ4v) is 2.53. The molecule has 1 aromatic heterocycles. The first-order valence-electron chi connectivity index (χ1n) is 6.97. The molecule has 0 saturated carbocycles. The first-order valence-corrected chi connectivity index (χ1v) is 6.97. The van der Waals surface area contributed by atoms with E-state index in [1.165, 1.54) is 11.1 Å². The van der Waals surface area contributed by atoms with Crippen molar-refractivity contribution in [3.8, 4) is 0 Å². The molecule has 2 aromatic rings. The summed E-state index contributed by atoms with van der Waals surface area (Å²) in [5.74, 6) is 0.506. The van der Waals surface area contributed by atoms with E-state index in [0.717, 1.165) is 24.0 Å². The molecule has 1 atom stereocenters. The Morgan fingerprint density at radius 1 is 1.32 bits per heavy atom. The van der Waals surface area contributed by atoms with Gasteiger partial charge >= 0.3 is 0 Å². The molecule has 0 fully saturated rings. The highest BCUT2D eigenvalue weighted by atomic mass is 16.1. The topological polar surface area (TPSA) is 34.0 Å². The van der Waals surface area contributed by atoms with Crippen LogP contribution in [0, 0.1) is 0 Å². The Labute approximate surface area is 114 Å². The minimum absolute atomic E-state index is 0.0316. The average Bonchev–Trinajstić information content (AvgIpc) is 2.82. The highest BCUT2D eigenvalue weighted by Gasteiger charge is 2.14. The molecule has 2 rings (SSSR count). The van der Waals surface area contributed by atoms with Gasteiger partial charge in [0, 0.05) is 30.4 Å². The van der Waals surface area contributed by atoms with Crippen LogP contribution < -0.4 is 5.32 Å². The zero-order valence-electron chi connectivity index (χ0n) is 12.2. The van der Waals surface area contributed by atoms with Gasteiger partial charge in [-0.3, -0.25) is 4.79 Å². The van der Waals surface area contributed by atoms with Crippen LogP contribution in [0.4, 0.5) is 0 Å². The van der Waals surface area contributed by atoms with Crippen molar-refractivity contribution in [3.05, 3.63) is 35.5 Å². The number of aryl methyl sites for hydroxylation is 1. The van der Waals surface area contributed by atoms with Crippen LogP contribution in [0.25, 0.3) is 10.9 Å². The first kappa shape index (κ1) is 13.7. The minimum atomic E-state index is -0.0316. The number of amides is 1. The monoisotopic (exact) mass is 258 g/mol. The average molecular weight is 258 g/mol. The molecule has 1 heterocycles. The number of benzene rings is 1. The number of carbonyl (C=O) groups excluding carboxylic acids is 1. The van der Waals surface area contributed by atoms with Gasteiger partial charge in [0.05, 0.1) is 0 Å². The molecule has 0 radical (unpaired) electrons. The summed E-state index contributed by atoms with van der Waals surface area (Å²) in [6.45, 7) is 7.54. The molecule has 0 bridgehead atoms. The van der Waals surface area contributed by atoms with Gasteiger partial charge in [-0.2, -0.15) is 0 Å². The summed E-state index contributed by atoms with van der Waals surface area (Å²) in [6, 6.07) is 8.17. The molecule has 0 aliphatic rings. The predicted molar refractivity (Wildman–Crippen MR) is 79.7 cm³/mol. The number of aromatic nitrogens is 1. The molecule has 102 valence electrons. The van der Waals surface area contributed by atoms with Crippen LogP contribution in [0.15, 0.2) is 24.3 Å². The lowest BCUT2D eigenvalue weighted by atomic mass is 10.1. The zero-order chi connectivity index (χ0) is 14.0. The van der Waals surface area contributed by atoms with Crippen molar-refractivity contribution >= 4 is 16.8 Å². The fourth-order valence-electron chi connectivity index (χ4n) is 2.53. The molecule has 3 nitrogen and oxygen atoms in total. The van der Waals surface area contributed by atoms with Gasteiger partial charge in [0.25, 0.3) is 5.91 Å². The molecule has 1 amide bonds. The standard InChI is InChI=1S/C16H22N2O/c1-5-11(3)14-9-12-7-8-13(16(19)17-4)10-15(12)18(14)6-2/h7-11H,5-6H2,1-4H3,(H,17,19). The summed E-state index contributed by atoms with van der Waals surface area (Å²) >= 11 is 0. The van der Waals surface area contributed by atoms with E-state index < -0.39 is 0 Å². The maximum atomic E-state index is 11.7. The third-order valence-corrected chi connectivity index (χ3v) is 3.86. The van der Waals surface area contributed by atoms with Crippen LogP contribution in [0.1, 0.15) is 49.2 Å². The van der Waals surface area contributed by atoms with Gasteiger partial charge < -0.3 is 9.88 Å². The minimum Gasteiger partial charge on any atom is -0.355 e. The van der Waals surface area contributed by atoms with Crippen molar-refractivity contribution < 1.29 is 4.79 Å². The normalized spacial score (nSPS) is 12.6. The summed E-state index contributed by atoms with van der Waals surface area (Å²) in [6.07, 6.45) is 1.12. The second-order valence-electron chi connectivity index (χ2n) is 4.98. The van der Waals surface area contributed by atoms with E-state index in [-0.39, 0.29) is 5.91 Å². The quantitative estimate of drug-likeness (QED) is 0.894. The molecular weight excluding hydrogens is 236 g/mol. The van der Waals surface area contributed by atoms with Gasteiger partial charge in [-0.05, 0) is 42.8 Å². The van der Waals surface area contributed by atoms with E-state index in [1.54, 1.807) is 7.05 Å². The Balaban J connectivity index is 2.61. The summed E-state index contributed by atoms with van der Waals surface area (Å²) in [5, 5.41) is 3.89. The van der Waals surface area contributed by atoms with Crippen molar-refractivity contribution in [2.45, 2.75) is 39.7 Å². The van der Waals surface area contributed by atoms with Crippen LogP contribution in [0.3, 0.4) is 0 Å². The fraction of sp³-hybridized carbons (Fsp3) is 0.438. The number of nitrogens with zero attached hydrogens (tertiary/aromatic N) is 1. The Morgan fingerprint density at radius 3 is 2.63 bits per heavy atom. The van der Waals surface area contributed by atoms with Crippen LogP contribution in [-0.4, -0.2) is 17.5 Å². The SMILES string of the molecule is CCC(C)c1cc2ccc(C(=O)NC)cc2n1CC. The van der Waals surface area contributed by atoms with Crippen molar-refractivity contribution in [1.82, 2.24) is 9.88 Å². The summed E-state index contributed by atoms with van der Waals surface area (Å²) in [7, 11) is 1.66. The number of hydrogen-bond acceptors (Lipinski definition) is 1. The highest BCUT2D eigenvalue weighted by Crippen LogP contribution is 2.28. The molecule has 0 spiro atoms. The van der Waals surface area contributed by atoms with Crippen LogP contribution in [0.5, 0.6) is 0 Å². The molecule has 3 heteroatoms. The molecule has 0 aliphatic heterocycles. The lowest BCUT2D eigenvalue weighted by Crippen LogP contribution is -2.17. The Hall–Kier alpha value is -1.77. The first-order chi connectivity index (χ1) is 9.12. The van der Waals surface area contributed by atoms with E-state index >= 15 is 0 Å². The van der Waals surface area contributed by atoms with E-state index in [1.807, 2.05) is 18.2 Å². The molecule has 19 heavy (non-hydrogen) atoms. The van der Waals surface area contributed by atoms with Gasteiger partial charge in [-0.15, -0.1) is 0 Å².